The number of fused-ring (bicyclic) bond motifs is 2. The van der Waals surface area contributed by atoms with Crippen molar-refractivity contribution in [3.63, 3.8) is 0 Å². The third kappa shape index (κ3) is 1.83. The van der Waals surface area contributed by atoms with Gasteiger partial charge >= 0.3 is 5.97 Å². The van der Waals surface area contributed by atoms with Crippen molar-refractivity contribution in [2.45, 2.75) is 12.5 Å². The molecule has 2 atom stereocenters. The molecule has 0 aromatic heterocycles. The zero-order valence-corrected chi connectivity index (χ0v) is 7.52. The fraction of sp³-hybridized carbons (Fsp3) is 0.667. The molecule has 4 nitrogen and oxygen atoms in total. The lowest BCUT2D eigenvalue weighted by Crippen LogP contribution is -2.43. The molecule has 2 bridgehead atoms. The maximum atomic E-state index is 10.3. The van der Waals surface area contributed by atoms with Crippen LogP contribution in [0, 0.1) is 0 Å². The Balaban J connectivity index is 1.96. The summed E-state index contributed by atoms with van der Waals surface area (Å²) in [4.78, 5) is 14.9. The van der Waals surface area contributed by atoms with Crippen molar-refractivity contribution in [3.8, 4) is 0 Å². The van der Waals surface area contributed by atoms with Crippen LogP contribution in [0.5, 0.6) is 0 Å². The molecule has 0 amide bonds. The lowest BCUT2D eigenvalue weighted by Gasteiger charge is -2.33. The van der Waals surface area contributed by atoms with Crippen LogP contribution < -0.4 is 0 Å². The van der Waals surface area contributed by atoms with E-state index < -0.39 is 5.97 Å². The Labute approximate surface area is 77.4 Å². The van der Waals surface area contributed by atoms with Crippen LogP contribution in [0.25, 0.3) is 0 Å². The number of carboxylic acids is 1. The Hall–Kier alpha value is -1.03. The van der Waals surface area contributed by atoms with Gasteiger partial charge in [0.05, 0.1) is 0 Å². The summed E-state index contributed by atoms with van der Waals surface area (Å²) in [5.41, 5.74) is 0. The van der Waals surface area contributed by atoms with Gasteiger partial charge in [-0.3, -0.25) is 4.90 Å². The van der Waals surface area contributed by atoms with Crippen LogP contribution in [0.4, 0.5) is 0 Å². The van der Waals surface area contributed by atoms with E-state index in [-0.39, 0.29) is 0 Å². The normalized spacial score (nSPS) is 32.8. The summed E-state index contributed by atoms with van der Waals surface area (Å²) in [6.45, 7) is 4.31. The second-order valence-electron chi connectivity index (χ2n) is 3.63. The molecule has 0 radical (unpaired) electrons. The van der Waals surface area contributed by atoms with Gasteiger partial charge in [0.1, 0.15) is 0 Å². The van der Waals surface area contributed by atoms with E-state index in [0.717, 1.165) is 19.6 Å². The quantitative estimate of drug-likeness (QED) is 0.609. The largest absolute Gasteiger partial charge is 0.478 e. The van der Waals surface area contributed by atoms with E-state index in [9.17, 15) is 4.79 Å². The minimum Gasteiger partial charge on any atom is -0.478 e. The molecule has 2 unspecified atom stereocenters. The van der Waals surface area contributed by atoms with Crippen molar-refractivity contribution in [1.29, 1.82) is 0 Å². The van der Waals surface area contributed by atoms with E-state index in [2.05, 4.69) is 9.80 Å². The molecule has 2 aliphatic heterocycles. The minimum atomic E-state index is -0.861. The van der Waals surface area contributed by atoms with Crippen molar-refractivity contribution in [2.75, 3.05) is 26.2 Å². The van der Waals surface area contributed by atoms with Crippen LogP contribution in [0.15, 0.2) is 12.3 Å². The van der Waals surface area contributed by atoms with Gasteiger partial charge in [-0.15, -0.1) is 0 Å². The van der Waals surface area contributed by atoms with Crippen LogP contribution in [-0.4, -0.2) is 53.1 Å². The van der Waals surface area contributed by atoms with Crippen molar-refractivity contribution in [3.05, 3.63) is 12.3 Å². The molecular weight excluding hydrogens is 168 g/mol. The van der Waals surface area contributed by atoms with Gasteiger partial charge in [0.15, 0.2) is 0 Å². The molecule has 2 rings (SSSR count). The molecule has 2 saturated heterocycles. The highest BCUT2D eigenvalue weighted by Gasteiger charge is 2.30. The van der Waals surface area contributed by atoms with Gasteiger partial charge in [-0.05, 0) is 6.42 Å². The van der Waals surface area contributed by atoms with Gasteiger partial charge in [0, 0.05) is 44.5 Å². The number of rotatable bonds is 2. The first-order valence-electron chi connectivity index (χ1n) is 4.65. The van der Waals surface area contributed by atoms with Gasteiger partial charge in [0.25, 0.3) is 0 Å². The van der Waals surface area contributed by atoms with E-state index in [0.29, 0.717) is 6.04 Å². The zero-order chi connectivity index (χ0) is 9.26. The number of hydrogen-bond donors (Lipinski definition) is 1. The Morgan fingerprint density at radius 3 is 3.00 bits per heavy atom. The molecule has 0 aliphatic carbocycles. The molecule has 13 heavy (non-hydrogen) atoms. The summed E-state index contributed by atoms with van der Waals surface area (Å²) < 4.78 is 0. The predicted octanol–water partition coefficient (Wildman–Crippen LogP) is -0.0254. The fourth-order valence-electron chi connectivity index (χ4n) is 2.08. The maximum absolute atomic E-state index is 10.3. The van der Waals surface area contributed by atoms with Crippen LogP contribution in [0.3, 0.4) is 0 Å². The van der Waals surface area contributed by atoms with Crippen molar-refractivity contribution in [2.24, 2.45) is 0 Å². The molecule has 0 saturated carbocycles. The average molecular weight is 182 g/mol. The first kappa shape index (κ1) is 8.56. The highest BCUT2D eigenvalue weighted by molar-refractivity contribution is 5.79. The molecule has 4 heteroatoms. The second kappa shape index (κ2) is 3.38. The van der Waals surface area contributed by atoms with Crippen molar-refractivity contribution < 1.29 is 9.90 Å². The van der Waals surface area contributed by atoms with E-state index in [1.165, 1.54) is 19.0 Å². The maximum Gasteiger partial charge on any atom is 0.329 e. The highest BCUT2D eigenvalue weighted by atomic mass is 16.4. The van der Waals surface area contributed by atoms with Gasteiger partial charge in [-0.1, -0.05) is 0 Å². The van der Waals surface area contributed by atoms with E-state index in [1.807, 2.05) is 0 Å². The topological polar surface area (TPSA) is 43.8 Å². The van der Waals surface area contributed by atoms with Crippen molar-refractivity contribution in [1.82, 2.24) is 9.80 Å². The summed E-state index contributed by atoms with van der Waals surface area (Å²) in [5, 5.41) is 8.49. The SMILES string of the molecule is O=C(O)/C=C/N1CCN2CCC1C2. The molecular formula is C9H14N2O2. The monoisotopic (exact) mass is 182 g/mol. The summed E-state index contributed by atoms with van der Waals surface area (Å²) >= 11 is 0. The summed E-state index contributed by atoms with van der Waals surface area (Å²) in [7, 11) is 0. The third-order valence-electron chi connectivity index (χ3n) is 2.80. The lowest BCUT2D eigenvalue weighted by molar-refractivity contribution is -0.131. The van der Waals surface area contributed by atoms with Crippen molar-refractivity contribution >= 4 is 5.97 Å². The number of hydrogen-bond acceptors (Lipinski definition) is 3. The van der Waals surface area contributed by atoms with Crippen LogP contribution >= 0.6 is 0 Å². The summed E-state index contributed by atoms with van der Waals surface area (Å²) in [6.07, 6.45) is 4.12. The van der Waals surface area contributed by atoms with Gasteiger partial charge < -0.3 is 10.0 Å². The minimum absolute atomic E-state index is 0.546. The Kier molecular flexibility index (Phi) is 2.22. The van der Waals surface area contributed by atoms with Crippen LogP contribution in [-0.2, 0) is 4.79 Å². The van der Waals surface area contributed by atoms with Crippen LogP contribution in [0.2, 0.25) is 0 Å². The fourth-order valence-corrected chi connectivity index (χ4v) is 2.08. The molecule has 0 aromatic carbocycles. The number of piperazine rings is 1. The summed E-state index contributed by atoms with van der Waals surface area (Å²) in [5.74, 6) is -0.861. The number of aliphatic carboxylic acids is 1. The van der Waals surface area contributed by atoms with E-state index in [4.69, 9.17) is 5.11 Å². The molecule has 1 N–H and O–H groups in total. The van der Waals surface area contributed by atoms with Gasteiger partial charge in [-0.25, -0.2) is 4.79 Å². The summed E-state index contributed by atoms with van der Waals surface area (Å²) in [6, 6.07) is 0.546. The average Bonchev–Trinajstić information content (AvgIpc) is 2.47. The Morgan fingerprint density at radius 1 is 1.38 bits per heavy atom. The second-order valence-corrected chi connectivity index (χ2v) is 3.63. The third-order valence-corrected chi connectivity index (χ3v) is 2.80. The lowest BCUT2D eigenvalue weighted by atomic mass is 10.2. The predicted molar refractivity (Wildman–Crippen MR) is 48.3 cm³/mol. The van der Waals surface area contributed by atoms with Gasteiger partial charge in [-0.2, -0.15) is 0 Å². The Bertz CT molecular complexity index is 240. The first-order valence-corrected chi connectivity index (χ1v) is 4.65. The molecule has 2 fully saturated rings. The Morgan fingerprint density at radius 2 is 2.23 bits per heavy atom. The first-order chi connectivity index (χ1) is 6.25. The number of carbonyl (C=O) groups is 1. The zero-order valence-electron chi connectivity index (χ0n) is 7.52. The number of nitrogens with zero attached hydrogens (tertiary/aromatic N) is 2. The molecule has 2 heterocycles. The molecule has 0 spiro atoms. The molecule has 72 valence electrons. The number of carboxylic acid groups (broad SMARTS) is 1. The smallest absolute Gasteiger partial charge is 0.329 e. The highest BCUT2D eigenvalue weighted by Crippen LogP contribution is 2.20. The van der Waals surface area contributed by atoms with Crippen LogP contribution in [0.1, 0.15) is 6.42 Å². The molecule has 2 aliphatic rings. The standard InChI is InChI=1S/C9H14N2O2/c12-9(13)2-4-11-6-5-10-3-1-8(11)7-10/h2,4,8H,1,3,5-7H2,(H,12,13)/b4-2+. The van der Waals surface area contributed by atoms with E-state index >= 15 is 0 Å². The molecule has 0 aromatic rings. The van der Waals surface area contributed by atoms with E-state index in [1.54, 1.807) is 6.20 Å². The van der Waals surface area contributed by atoms with Gasteiger partial charge in [0.2, 0.25) is 0 Å².